The van der Waals surface area contributed by atoms with Gasteiger partial charge >= 0.3 is 7.12 Å². The van der Waals surface area contributed by atoms with Crippen molar-refractivity contribution in [3.63, 3.8) is 0 Å². The first-order valence-electron chi connectivity index (χ1n) is 7.64. The van der Waals surface area contributed by atoms with Crippen molar-refractivity contribution in [3.05, 3.63) is 36.2 Å². The molecular weight excluding hydrogens is 247 g/mol. The summed E-state index contributed by atoms with van der Waals surface area (Å²) in [5.41, 5.74) is 1.82. The van der Waals surface area contributed by atoms with Gasteiger partial charge in [0.1, 0.15) is 0 Å². The van der Waals surface area contributed by atoms with E-state index in [4.69, 9.17) is 9.31 Å². The van der Waals surface area contributed by atoms with Crippen LogP contribution in [0.3, 0.4) is 0 Å². The molecule has 0 unspecified atom stereocenters. The summed E-state index contributed by atoms with van der Waals surface area (Å²) < 4.78 is 12.1. The lowest BCUT2D eigenvalue weighted by molar-refractivity contribution is 0.00578. The zero-order valence-corrected chi connectivity index (χ0v) is 13.4. The highest BCUT2D eigenvalue weighted by atomic mass is 16.7. The van der Waals surface area contributed by atoms with Gasteiger partial charge in [-0.1, -0.05) is 44.0 Å². The molecule has 0 atom stereocenters. The third kappa shape index (κ3) is 3.26. The maximum absolute atomic E-state index is 6.06. The third-order valence-electron chi connectivity index (χ3n) is 4.40. The predicted octanol–water partition coefficient (Wildman–Crippen LogP) is 3.73. The molecule has 0 N–H and O–H groups in total. The lowest BCUT2D eigenvalue weighted by atomic mass is 9.78. The molecule has 1 aromatic rings. The van der Waals surface area contributed by atoms with E-state index in [1.165, 1.54) is 18.4 Å². The van der Waals surface area contributed by atoms with Gasteiger partial charge in [-0.2, -0.15) is 0 Å². The van der Waals surface area contributed by atoms with Crippen LogP contribution in [-0.4, -0.2) is 18.3 Å². The normalized spacial score (nSPS) is 20.4. The van der Waals surface area contributed by atoms with E-state index < -0.39 is 0 Å². The summed E-state index contributed by atoms with van der Waals surface area (Å²) in [5.74, 6) is 0. The molecule has 3 heteroatoms. The number of benzene rings is 1. The number of rotatable bonds is 5. The van der Waals surface area contributed by atoms with Crippen molar-refractivity contribution < 1.29 is 9.31 Å². The molecule has 0 saturated carbocycles. The highest BCUT2D eigenvalue weighted by Gasteiger charge is 2.51. The zero-order valence-electron chi connectivity index (χ0n) is 13.4. The van der Waals surface area contributed by atoms with Gasteiger partial charge in [-0.15, -0.1) is 0 Å². The van der Waals surface area contributed by atoms with E-state index in [9.17, 15) is 0 Å². The Bertz CT molecular complexity index is 421. The minimum absolute atomic E-state index is 0.260. The topological polar surface area (TPSA) is 18.5 Å². The smallest absolute Gasteiger partial charge is 0.399 e. The summed E-state index contributed by atoms with van der Waals surface area (Å²) in [6.07, 6.45) is 5.92. The predicted molar refractivity (Wildman–Crippen MR) is 85.1 cm³/mol. The first kappa shape index (κ1) is 15.6. The minimum Gasteiger partial charge on any atom is -0.399 e. The van der Waals surface area contributed by atoms with Crippen molar-refractivity contribution in [1.29, 1.82) is 0 Å². The minimum atomic E-state index is -0.274. The molecule has 109 valence electrons. The summed E-state index contributed by atoms with van der Waals surface area (Å²) in [5, 5.41) is 0. The van der Waals surface area contributed by atoms with Crippen LogP contribution >= 0.6 is 0 Å². The van der Waals surface area contributed by atoms with E-state index >= 15 is 0 Å². The van der Waals surface area contributed by atoms with Crippen LogP contribution in [0.15, 0.2) is 24.3 Å². The average molecular weight is 273 g/mol. The van der Waals surface area contributed by atoms with Gasteiger partial charge in [0.05, 0.1) is 11.2 Å². The second-order valence-corrected chi connectivity index (χ2v) is 6.60. The summed E-state index contributed by atoms with van der Waals surface area (Å²) in [7, 11) is -0.260. The molecule has 0 spiro atoms. The van der Waals surface area contributed by atoms with E-state index in [0.29, 0.717) is 0 Å². The molecule has 1 fully saturated rings. The zero-order chi connectivity index (χ0) is 14.8. The first-order valence-corrected chi connectivity index (χ1v) is 7.64. The molecule has 1 aromatic carbocycles. The highest BCUT2D eigenvalue weighted by molar-refractivity contribution is 6.62. The standard InChI is InChI=1S/C17H26BO2/c1-6-7-8-9-14-10-12-15(13-11-14)18-19-16(2,3)17(4,5)20-18/h9-13H,6-8H2,1-5H3. The molecule has 2 rings (SSSR count). The monoisotopic (exact) mass is 273 g/mol. The van der Waals surface area contributed by atoms with E-state index in [2.05, 4.69) is 65.3 Å². The van der Waals surface area contributed by atoms with Gasteiger partial charge < -0.3 is 9.31 Å². The summed E-state index contributed by atoms with van der Waals surface area (Å²) in [6, 6.07) is 8.52. The van der Waals surface area contributed by atoms with E-state index in [0.717, 1.165) is 11.9 Å². The molecule has 0 aromatic heterocycles. The van der Waals surface area contributed by atoms with Crippen molar-refractivity contribution in [2.24, 2.45) is 0 Å². The molecule has 0 aliphatic carbocycles. The van der Waals surface area contributed by atoms with Crippen molar-refractivity contribution >= 4 is 12.6 Å². The fourth-order valence-electron chi connectivity index (χ4n) is 2.24. The largest absolute Gasteiger partial charge is 0.494 e. The Morgan fingerprint density at radius 3 is 2.05 bits per heavy atom. The Kier molecular flexibility index (Phi) is 4.60. The molecule has 1 radical (unpaired) electrons. The van der Waals surface area contributed by atoms with Crippen molar-refractivity contribution in [2.45, 2.75) is 65.1 Å². The van der Waals surface area contributed by atoms with Crippen molar-refractivity contribution in [3.8, 4) is 0 Å². The summed E-state index contributed by atoms with van der Waals surface area (Å²) >= 11 is 0. The van der Waals surface area contributed by atoms with Crippen LogP contribution in [0.4, 0.5) is 0 Å². The van der Waals surface area contributed by atoms with Gasteiger partial charge in [0.2, 0.25) is 0 Å². The fourth-order valence-corrected chi connectivity index (χ4v) is 2.24. The fraction of sp³-hybridized carbons (Fsp3) is 0.588. The van der Waals surface area contributed by atoms with Crippen LogP contribution in [0.25, 0.3) is 0 Å². The summed E-state index contributed by atoms with van der Waals surface area (Å²) in [6.45, 7) is 10.6. The van der Waals surface area contributed by atoms with Gasteiger partial charge in [0, 0.05) is 0 Å². The third-order valence-corrected chi connectivity index (χ3v) is 4.40. The van der Waals surface area contributed by atoms with Crippen LogP contribution in [-0.2, 0) is 9.31 Å². The second kappa shape index (κ2) is 5.91. The van der Waals surface area contributed by atoms with Gasteiger partial charge in [-0.25, -0.2) is 0 Å². The Labute approximate surface area is 124 Å². The quantitative estimate of drug-likeness (QED) is 0.601. The van der Waals surface area contributed by atoms with Gasteiger partial charge in [-0.05, 0) is 51.6 Å². The van der Waals surface area contributed by atoms with Crippen LogP contribution in [0.5, 0.6) is 0 Å². The van der Waals surface area contributed by atoms with Crippen molar-refractivity contribution in [1.82, 2.24) is 0 Å². The molecule has 1 saturated heterocycles. The lowest BCUT2D eigenvalue weighted by Crippen LogP contribution is -2.41. The van der Waals surface area contributed by atoms with Gasteiger partial charge in [-0.3, -0.25) is 0 Å². The molecular formula is C17H26BO2. The number of hydrogen-bond acceptors (Lipinski definition) is 2. The second-order valence-electron chi connectivity index (χ2n) is 6.60. The first-order chi connectivity index (χ1) is 9.36. The van der Waals surface area contributed by atoms with Crippen molar-refractivity contribution in [2.75, 3.05) is 0 Å². The van der Waals surface area contributed by atoms with Crippen LogP contribution in [0.2, 0.25) is 0 Å². The Balaban J connectivity index is 2.01. The molecule has 1 aliphatic rings. The average Bonchev–Trinajstić information content (AvgIpc) is 2.60. The SMILES string of the molecule is CCCC[CH]c1ccc(B2OC(C)(C)C(C)(C)O2)cc1. The van der Waals surface area contributed by atoms with Gasteiger partial charge in [0.15, 0.2) is 0 Å². The molecule has 1 heterocycles. The Morgan fingerprint density at radius 2 is 1.55 bits per heavy atom. The highest BCUT2D eigenvalue weighted by Crippen LogP contribution is 2.36. The molecule has 1 aliphatic heterocycles. The maximum Gasteiger partial charge on any atom is 0.494 e. The van der Waals surface area contributed by atoms with Crippen LogP contribution < -0.4 is 5.46 Å². The number of hydrogen-bond donors (Lipinski definition) is 0. The molecule has 0 amide bonds. The maximum atomic E-state index is 6.06. The van der Waals surface area contributed by atoms with Crippen LogP contribution in [0.1, 0.15) is 59.4 Å². The number of unbranched alkanes of at least 4 members (excludes halogenated alkanes) is 2. The van der Waals surface area contributed by atoms with Gasteiger partial charge in [0.25, 0.3) is 0 Å². The Morgan fingerprint density at radius 1 is 1.00 bits per heavy atom. The van der Waals surface area contributed by atoms with Crippen LogP contribution in [0, 0.1) is 6.42 Å². The molecule has 2 nitrogen and oxygen atoms in total. The lowest BCUT2D eigenvalue weighted by Gasteiger charge is -2.32. The molecule has 20 heavy (non-hydrogen) atoms. The Hall–Kier alpha value is -0.795. The summed E-state index contributed by atoms with van der Waals surface area (Å²) in [4.78, 5) is 0. The van der Waals surface area contributed by atoms with E-state index in [-0.39, 0.29) is 18.3 Å². The molecule has 0 bridgehead atoms. The van der Waals surface area contributed by atoms with E-state index in [1.54, 1.807) is 0 Å². The van der Waals surface area contributed by atoms with E-state index in [1.807, 2.05) is 0 Å².